The number of hydrogen-bond acceptors (Lipinski definition) is 4. The minimum absolute atomic E-state index is 0.0399. The number of ether oxygens (including phenoxy) is 1. The maximum Gasteiger partial charge on any atom is 0.261 e. The molecule has 1 aromatic carbocycles. The highest BCUT2D eigenvalue weighted by atomic mass is 32.1. The maximum absolute atomic E-state index is 12.3. The van der Waals surface area contributed by atoms with Crippen molar-refractivity contribution in [1.29, 1.82) is 0 Å². The van der Waals surface area contributed by atoms with E-state index in [-0.39, 0.29) is 24.0 Å². The highest BCUT2D eigenvalue weighted by Crippen LogP contribution is 2.43. The lowest BCUT2D eigenvalue weighted by atomic mass is 9.62. The van der Waals surface area contributed by atoms with E-state index >= 15 is 0 Å². The molecule has 1 heterocycles. The van der Waals surface area contributed by atoms with Crippen LogP contribution in [0.25, 0.3) is 0 Å². The zero-order valence-corrected chi connectivity index (χ0v) is 13.9. The predicted octanol–water partition coefficient (Wildman–Crippen LogP) is 2.72. The topological polar surface area (TPSA) is 58.6 Å². The van der Waals surface area contributed by atoms with Gasteiger partial charge in [0.2, 0.25) is 0 Å². The van der Waals surface area contributed by atoms with Crippen molar-refractivity contribution < 1.29 is 14.6 Å². The van der Waals surface area contributed by atoms with Gasteiger partial charge in [-0.05, 0) is 35.4 Å². The van der Waals surface area contributed by atoms with Crippen LogP contribution < -0.4 is 5.32 Å². The van der Waals surface area contributed by atoms with Gasteiger partial charge in [-0.25, -0.2) is 0 Å². The number of nitrogens with one attached hydrogen (secondary N) is 1. The van der Waals surface area contributed by atoms with Crippen molar-refractivity contribution in [3.8, 4) is 0 Å². The molecule has 1 amide bonds. The maximum atomic E-state index is 12.3. The first-order chi connectivity index (χ1) is 11.2. The molecule has 2 aromatic rings. The second kappa shape index (κ2) is 6.83. The summed E-state index contributed by atoms with van der Waals surface area (Å²) in [5.74, 6) is -0.0399. The molecule has 4 nitrogen and oxygen atoms in total. The quantitative estimate of drug-likeness (QED) is 0.856. The molecule has 1 aliphatic rings. The zero-order chi connectivity index (χ0) is 16.3. The summed E-state index contributed by atoms with van der Waals surface area (Å²) in [6, 6.07) is 12.0. The van der Waals surface area contributed by atoms with Crippen LogP contribution in [0.2, 0.25) is 0 Å². The highest BCUT2D eigenvalue weighted by molar-refractivity contribution is 7.12. The van der Waals surface area contributed by atoms with E-state index in [1.54, 1.807) is 7.11 Å². The van der Waals surface area contributed by atoms with Crippen molar-refractivity contribution in [3.63, 3.8) is 0 Å². The van der Waals surface area contributed by atoms with Gasteiger partial charge < -0.3 is 15.2 Å². The van der Waals surface area contributed by atoms with Gasteiger partial charge in [0.05, 0.1) is 18.1 Å². The molecule has 2 N–H and O–H groups in total. The van der Waals surface area contributed by atoms with E-state index in [4.69, 9.17) is 4.74 Å². The molecule has 1 aliphatic carbocycles. The third-order valence-corrected chi connectivity index (χ3v) is 5.46. The van der Waals surface area contributed by atoms with Crippen LogP contribution in [0.4, 0.5) is 0 Å². The van der Waals surface area contributed by atoms with Crippen LogP contribution in [0.3, 0.4) is 0 Å². The molecular formula is C18H21NO3S. The van der Waals surface area contributed by atoms with E-state index in [0.29, 0.717) is 11.5 Å². The fraction of sp³-hybridized carbons (Fsp3) is 0.389. The average molecular weight is 331 g/mol. The molecule has 23 heavy (non-hydrogen) atoms. The lowest BCUT2D eigenvalue weighted by Crippen LogP contribution is -2.54. The number of amides is 1. The molecule has 3 rings (SSSR count). The summed E-state index contributed by atoms with van der Waals surface area (Å²) in [5, 5.41) is 14.8. The van der Waals surface area contributed by atoms with E-state index in [9.17, 15) is 9.90 Å². The van der Waals surface area contributed by atoms with Gasteiger partial charge in [-0.15, -0.1) is 11.3 Å². The SMILES string of the molecule is COCc1csc(C(=O)NC2CC(CO)(c3ccccc3)C2)c1. The predicted molar refractivity (Wildman–Crippen MR) is 90.7 cm³/mol. The average Bonchev–Trinajstić information content (AvgIpc) is 3.00. The van der Waals surface area contributed by atoms with Crippen LogP contribution in [-0.4, -0.2) is 30.8 Å². The van der Waals surface area contributed by atoms with Crippen molar-refractivity contribution in [2.75, 3.05) is 13.7 Å². The Labute approximate surface area is 140 Å². The first-order valence-corrected chi connectivity index (χ1v) is 8.58. The lowest BCUT2D eigenvalue weighted by Gasteiger charge is -2.47. The Balaban J connectivity index is 1.59. The van der Waals surface area contributed by atoms with Crippen LogP contribution in [0, 0.1) is 0 Å². The molecule has 0 saturated heterocycles. The third-order valence-electron chi connectivity index (χ3n) is 4.49. The number of carbonyl (C=O) groups is 1. The fourth-order valence-electron chi connectivity index (χ4n) is 3.23. The summed E-state index contributed by atoms with van der Waals surface area (Å²) < 4.78 is 5.07. The number of benzene rings is 1. The summed E-state index contributed by atoms with van der Waals surface area (Å²) >= 11 is 1.43. The summed E-state index contributed by atoms with van der Waals surface area (Å²) in [7, 11) is 1.64. The number of aliphatic hydroxyl groups excluding tert-OH is 1. The monoisotopic (exact) mass is 331 g/mol. The minimum Gasteiger partial charge on any atom is -0.395 e. The molecule has 0 aliphatic heterocycles. The van der Waals surface area contributed by atoms with Crippen molar-refractivity contribution in [2.24, 2.45) is 0 Å². The van der Waals surface area contributed by atoms with Crippen LogP contribution in [0.15, 0.2) is 41.8 Å². The molecule has 0 radical (unpaired) electrons. The molecule has 1 saturated carbocycles. The first-order valence-electron chi connectivity index (χ1n) is 7.70. The van der Waals surface area contributed by atoms with Gasteiger partial charge in [0.15, 0.2) is 0 Å². The van der Waals surface area contributed by atoms with Crippen LogP contribution in [-0.2, 0) is 16.8 Å². The number of thiophene rings is 1. The van der Waals surface area contributed by atoms with Gasteiger partial charge in [-0.3, -0.25) is 4.79 Å². The summed E-state index contributed by atoms with van der Waals surface area (Å²) in [6.45, 7) is 0.634. The molecule has 1 fully saturated rings. The third kappa shape index (κ3) is 3.32. The van der Waals surface area contributed by atoms with E-state index in [1.807, 2.05) is 41.8 Å². The van der Waals surface area contributed by atoms with Gasteiger partial charge >= 0.3 is 0 Å². The lowest BCUT2D eigenvalue weighted by molar-refractivity contribution is 0.0703. The molecular weight excluding hydrogens is 310 g/mol. The molecule has 0 spiro atoms. The van der Waals surface area contributed by atoms with Crippen molar-refractivity contribution in [3.05, 3.63) is 57.8 Å². The van der Waals surface area contributed by atoms with E-state index in [2.05, 4.69) is 5.32 Å². The molecule has 0 bridgehead atoms. The first kappa shape index (κ1) is 16.2. The van der Waals surface area contributed by atoms with Gasteiger partial charge in [0, 0.05) is 18.6 Å². The van der Waals surface area contributed by atoms with Crippen molar-refractivity contribution >= 4 is 17.2 Å². The van der Waals surface area contributed by atoms with Gasteiger partial charge in [0.1, 0.15) is 0 Å². The molecule has 0 unspecified atom stereocenters. The number of methoxy groups -OCH3 is 1. The normalized spacial score (nSPS) is 23.3. The standard InChI is InChI=1S/C18H21NO3S/c1-22-10-13-7-16(23-11-13)17(21)19-15-8-18(9-15,12-20)14-5-3-2-4-6-14/h2-7,11,15,20H,8-10,12H2,1H3,(H,19,21). The Kier molecular flexibility index (Phi) is 4.80. The summed E-state index contributed by atoms with van der Waals surface area (Å²) in [6.07, 6.45) is 1.55. The fourth-order valence-corrected chi connectivity index (χ4v) is 4.03. The Morgan fingerprint density at radius 3 is 2.78 bits per heavy atom. The second-order valence-electron chi connectivity index (χ2n) is 6.14. The second-order valence-corrected chi connectivity index (χ2v) is 7.05. The van der Waals surface area contributed by atoms with Gasteiger partial charge in [0.25, 0.3) is 5.91 Å². The Hall–Kier alpha value is -1.69. The van der Waals surface area contributed by atoms with E-state index < -0.39 is 0 Å². The van der Waals surface area contributed by atoms with E-state index in [0.717, 1.165) is 24.0 Å². The van der Waals surface area contributed by atoms with Crippen molar-refractivity contribution in [1.82, 2.24) is 5.32 Å². The number of rotatable bonds is 6. The largest absolute Gasteiger partial charge is 0.395 e. The smallest absolute Gasteiger partial charge is 0.261 e. The Morgan fingerprint density at radius 1 is 1.39 bits per heavy atom. The molecule has 122 valence electrons. The molecule has 0 atom stereocenters. The minimum atomic E-state index is -0.212. The molecule has 5 heteroatoms. The summed E-state index contributed by atoms with van der Waals surface area (Å²) in [4.78, 5) is 13.0. The van der Waals surface area contributed by atoms with Crippen molar-refractivity contribution in [2.45, 2.75) is 30.9 Å². The Morgan fingerprint density at radius 2 is 2.13 bits per heavy atom. The van der Waals surface area contributed by atoms with E-state index in [1.165, 1.54) is 11.3 Å². The highest BCUT2D eigenvalue weighted by Gasteiger charge is 2.45. The number of hydrogen-bond donors (Lipinski definition) is 2. The van der Waals surface area contributed by atoms with Crippen LogP contribution in [0.5, 0.6) is 0 Å². The van der Waals surface area contributed by atoms with Crippen LogP contribution >= 0.6 is 11.3 Å². The number of carbonyl (C=O) groups excluding carboxylic acids is 1. The zero-order valence-electron chi connectivity index (χ0n) is 13.1. The van der Waals surface area contributed by atoms with Gasteiger partial charge in [-0.1, -0.05) is 30.3 Å². The molecule has 1 aromatic heterocycles. The van der Waals surface area contributed by atoms with Crippen LogP contribution in [0.1, 0.15) is 33.6 Å². The van der Waals surface area contributed by atoms with Gasteiger partial charge in [-0.2, -0.15) is 0 Å². The Bertz CT molecular complexity index is 662. The summed E-state index contributed by atoms with van der Waals surface area (Å²) in [5.41, 5.74) is 1.95. The number of aliphatic hydroxyl groups is 1.